The van der Waals surface area contributed by atoms with E-state index < -0.39 is 19.3 Å². The van der Waals surface area contributed by atoms with Gasteiger partial charge in [0.05, 0.1) is 24.3 Å². The minimum absolute atomic E-state index is 0.00870. The minimum Gasteiger partial charge on any atom is -0.417 e. The first kappa shape index (κ1) is 20.8. The van der Waals surface area contributed by atoms with E-state index >= 15 is 0 Å². The van der Waals surface area contributed by atoms with Gasteiger partial charge in [0, 0.05) is 12.2 Å². The molecule has 27 heavy (non-hydrogen) atoms. The summed E-state index contributed by atoms with van der Waals surface area (Å²) in [5.74, 6) is 0.00870. The van der Waals surface area contributed by atoms with Gasteiger partial charge in [-0.25, -0.2) is 4.98 Å². The predicted molar refractivity (Wildman–Crippen MR) is 110 cm³/mol. The van der Waals surface area contributed by atoms with E-state index in [2.05, 4.69) is 44.2 Å². The molecule has 1 atom stereocenters. The molecule has 150 valence electrons. The number of halogens is 1. The van der Waals surface area contributed by atoms with E-state index in [-0.39, 0.29) is 10.9 Å². The Labute approximate surface area is 168 Å². The Kier molecular flexibility index (Phi) is 5.26. The zero-order chi connectivity index (χ0) is 20.1. The molecule has 0 bridgehead atoms. The van der Waals surface area contributed by atoms with Gasteiger partial charge < -0.3 is 14.5 Å². The number of ether oxygens (including phenoxy) is 1. The number of rotatable bonds is 5. The summed E-state index contributed by atoms with van der Waals surface area (Å²) in [6.45, 7) is 14.7. The summed E-state index contributed by atoms with van der Waals surface area (Å²) >= 11 is 6.23. The Morgan fingerprint density at radius 2 is 2.00 bits per heavy atom. The van der Waals surface area contributed by atoms with Crippen molar-refractivity contribution in [1.82, 2.24) is 10.3 Å². The van der Waals surface area contributed by atoms with Gasteiger partial charge in [-0.1, -0.05) is 45.4 Å². The van der Waals surface area contributed by atoms with Crippen LogP contribution in [0.3, 0.4) is 0 Å². The standard InChI is InChI=1S/C20H31ClN2O3Si/c1-7-19(10-11-26-27(5,6)18(2,3)4)16-14(8-9-15(21)22-16)20(12-25-13-20)23-17(19)24/h8-9H,7,10-13H2,1-6H3,(H,23,24). The molecule has 0 saturated carbocycles. The van der Waals surface area contributed by atoms with Crippen molar-refractivity contribution in [1.29, 1.82) is 0 Å². The number of pyridine rings is 1. The molecule has 3 rings (SSSR count). The van der Waals surface area contributed by atoms with Gasteiger partial charge >= 0.3 is 0 Å². The molecule has 1 aromatic heterocycles. The van der Waals surface area contributed by atoms with Crippen LogP contribution < -0.4 is 5.32 Å². The van der Waals surface area contributed by atoms with Gasteiger partial charge in [0.1, 0.15) is 10.7 Å². The molecule has 2 aliphatic rings. The second kappa shape index (κ2) is 6.83. The molecule has 0 aliphatic carbocycles. The molecule has 1 amide bonds. The molecule has 1 fully saturated rings. The van der Waals surface area contributed by atoms with Crippen LogP contribution in [-0.4, -0.2) is 39.0 Å². The number of hydrogen-bond donors (Lipinski definition) is 1. The quantitative estimate of drug-likeness (QED) is 0.585. The Balaban J connectivity index is 1.93. The lowest BCUT2D eigenvalue weighted by Crippen LogP contribution is -2.67. The number of aromatic nitrogens is 1. The number of amides is 1. The van der Waals surface area contributed by atoms with Crippen molar-refractivity contribution in [2.24, 2.45) is 0 Å². The van der Waals surface area contributed by atoms with Crippen molar-refractivity contribution < 1.29 is 14.0 Å². The van der Waals surface area contributed by atoms with Gasteiger partial charge in [-0.3, -0.25) is 4.79 Å². The molecular weight excluding hydrogens is 380 g/mol. The number of nitrogens with one attached hydrogen (secondary N) is 1. The third-order valence-corrected chi connectivity index (χ3v) is 11.5. The fourth-order valence-electron chi connectivity index (χ4n) is 3.67. The van der Waals surface area contributed by atoms with E-state index in [9.17, 15) is 4.79 Å². The molecule has 7 heteroatoms. The van der Waals surface area contributed by atoms with Gasteiger partial charge in [-0.05, 0) is 37.0 Å². The van der Waals surface area contributed by atoms with Crippen molar-refractivity contribution in [3.8, 4) is 0 Å². The molecule has 1 aromatic rings. The van der Waals surface area contributed by atoms with Gasteiger partial charge in [0.25, 0.3) is 0 Å². The maximum absolute atomic E-state index is 13.3. The fraction of sp³-hybridized carbons (Fsp3) is 0.700. The molecule has 1 spiro atoms. The van der Waals surface area contributed by atoms with Crippen molar-refractivity contribution >= 4 is 25.8 Å². The summed E-state index contributed by atoms with van der Waals surface area (Å²) in [6, 6.07) is 3.79. The second-order valence-electron chi connectivity index (χ2n) is 9.35. The van der Waals surface area contributed by atoms with E-state index in [1.165, 1.54) is 0 Å². The van der Waals surface area contributed by atoms with Crippen LogP contribution in [0, 0.1) is 0 Å². The predicted octanol–water partition coefficient (Wildman–Crippen LogP) is 4.15. The van der Waals surface area contributed by atoms with Crippen LogP contribution >= 0.6 is 11.6 Å². The van der Waals surface area contributed by atoms with Crippen molar-refractivity contribution in [3.63, 3.8) is 0 Å². The van der Waals surface area contributed by atoms with Crippen molar-refractivity contribution in [2.45, 2.75) is 69.6 Å². The normalized spacial score (nSPS) is 24.3. The van der Waals surface area contributed by atoms with Crippen LogP contribution in [0.25, 0.3) is 0 Å². The smallest absolute Gasteiger partial charge is 0.233 e. The first-order valence-corrected chi connectivity index (χ1v) is 13.0. The SMILES string of the molecule is CCC1(CCO[Si](C)(C)C(C)(C)C)C(=O)NC2(COC2)c2ccc(Cl)nc21. The zero-order valence-electron chi connectivity index (χ0n) is 17.2. The van der Waals surface area contributed by atoms with Crippen molar-refractivity contribution in [2.75, 3.05) is 19.8 Å². The number of carbonyl (C=O) groups excluding carboxylic acids is 1. The Hall–Kier alpha value is -0.953. The van der Waals surface area contributed by atoms with Crippen LogP contribution in [0.4, 0.5) is 0 Å². The number of carbonyl (C=O) groups is 1. The molecule has 0 aromatic carbocycles. The maximum Gasteiger partial charge on any atom is 0.233 e. The van der Waals surface area contributed by atoms with E-state index in [0.29, 0.717) is 37.8 Å². The lowest BCUT2D eigenvalue weighted by molar-refractivity contribution is -0.144. The van der Waals surface area contributed by atoms with Crippen molar-refractivity contribution in [3.05, 3.63) is 28.5 Å². The third kappa shape index (κ3) is 3.35. The van der Waals surface area contributed by atoms with Crippen LogP contribution in [-0.2, 0) is 24.9 Å². The Morgan fingerprint density at radius 1 is 1.33 bits per heavy atom. The van der Waals surface area contributed by atoms with E-state index in [1.54, 1.807) is 6.07 Å². The summed E-state index contributed by atoms with van der Waals surface area (Å²) in [4.78, 5) is 17.9. The lowest BCUT2D eigenvalue weighted by atomic mass is 9.68. The summed E-state index contributed by atoms with van der Waals surface area (Å²) in [6.07, 6.45) is 1.25. The van der Waals surface area contributed by atoms with Gasteiger partial charge in [0.2, 0.25) is 5.91 Å². The average Bonchev–Trinajstić information content (AvgIpc) is 2.53. The number of hydrogen-bond acceptors (Lipinski definition) is 4. The zero-order valence-corrected chi connectivity index (χ0v) is 19.0. The molecule has 1 N–H and O–H groups in total. The monoisotopic (exact) mass is 410 g/mol. The van der Waals surface area contributed by atoms with Crippen LogP contribution in [0.1, 0.15) is 51.8 Å². The van der Waals surface area contributed by atoms with E-state index in [0.717, 1.165) is 11.3 Å². The third-order valence-electron chi connectivity index (χ3n) is 6.72. The average molecular weight is 411 g/mol. The maximum atomic E-state index is 13.3. The highest BCUT2D eigenvalue weighted by molar-refractivity contribution is 6.74. The highest BCUT2D eigenvalue weighted by atomic mass is 35.5. The molecule has 2 aliphatic heterocycles. The van der Waals surface area contributed by atoms with Crippen LogP contribution in [0.15, 0.2) is 12.1 Å². The molecule has 0 radical (unpaired) electrons. The van der Waals surface area contributed by atoms with Gasteiger partial charge in [0.15, 0.2) is 8.32 Å². The van der Waals surface area contributed by atoms with Gasteiger partial charge in [-0.15, -0.1) is 0 Å². The van der Waals surface area contributed by atoms with E-state index in [1.807, 2.05) is 13.0 Å². The molecule has 1 unspecified atom stereocenters. The molecule has 1 saturated heterocycles. The summed E-state index contributed by atoms with van der Waals surface area (Å²) in [5.41, 5.74) is 0.655. The first-order chi connectivity index (χ1) is 12.5. The van der Waals surface area contributed by atoms with Crippen LogP contribution in [0.2, 0.25) is 23.3 Å². The molecule has 5 nitrogen and oxygen atoms in total. The molecular formula is C20H31ClN2O3Si. The van der Waals surface area contributed by atoms with Crippen LogP contribution in [0.5, 0.6) is 0 Å². The topological polar surface area (TPSA) is 60.5 Å². The van der Waals surface area contributed by atoms with E-state index in [4.69, 9.17) is 20.8 Å². The Morgan fingerprint density at radius 3 is 2.52 bits per heavy atom. The first-order valence-electron chi connectivity index (χ1n) is 9.69. The fourth-order valence-corrected chi connectivity index (χ4v) is 4.86. The lowest BCUT2D eigenvalue weighted by Gasteiger charge is -2.51. The summed E-state index contributed by atoms with van der Waals surface area (Å²) in [7, 11) is -1.88. The van der Waals surface area contributed by atoms with Gasteiger partial charge in [-0.2, -0.15) is 0 Å². The minimum atomic E-state index is -1.88. The Bertz CT molecular complexity index is 743. The summed E-state index contributed by atoms with van der Waals surface area (Å²) in [5, 5.41) is 3.78. The number of fused-ring (bicyclic) bond motifs is 2. The number of nitrogens with zero attached hydrogens (tertiary/aromatic N) is 1. The largest absolute Gasteiger partial charge is 0.417 e. The highest BCUT2D eigenvalue weighted by Crippen LogP contribution is 2.45. The molecule has 3 heterocycles. The highest BCUT2D eigenvalue weighted by Gasteiger charge is 2.55. The summed E-state index contributed by atoms with van der Waals surface area (Å²) < 4.78 is 11.8. The second-order valence-corrected chi connectivity index (χ2v) is 14.6.